The minimum atomic E-state index is 0.310. The lowest BCUT2D eigenvalue weighted by Gasteiger charge is -2.06. The fraction of sp³-hybridized carbons (Fsp3) is 0. The van der Waals surface area contributed by atoms with Crippen LogP contribution in [0.4, 0.5) is 17.5 Å². The van der Waals surface area contributed by atoms with E-state index in [4.69, 9.17) is 5.26 Å². The first kappa shape index (κ1) is 12.6. The molecule has 1 amide bonds. The summed E-state index contributed by atoms with van der Waals surface area (Å²) in [6.45, 7) is 0. The topological polar surface area (TPSA) is 108 Å². The first-order valence-electron chi connectivity index (χ1n) is 5.99. The zero-order chi connectivity index (χ0) is 14.7. The summed E-state index contributed by atoms with van der Waals surface area (Å²) in [4.78, 5) is 14.7. The summed E-state index contributed by atoms with van der Waals surface area (Å²) in [5.74, 6) is 0.805. The Morgan fingerprint density at radius 2 is 2.05 bits per heavy atom. The molecule has 0 saturated heterocycles. The average molecular weight is 279 g/mol. The van der Waals surface area contributed by atoms with E-state index in [0.29, 0.717) is 29.4 Å². The maximum Gasteiger partial charge on any atom is 0.235 e. The Labute approximate surface area is 119 Å². The normalized spacial score (nSPS) is 10.0. The van der Waals surface area contributed by atoms with Gasteiger partial charge in [-0.05, 0) is 24.3 Å². The van der Waals surface area contributed by atoms with Crippen LogP contribution in [0.2, 0.25) is 0 Å². The van der Waals surface area contributed by atoms with Crippen LogP contribution in [0.1, 0.15) is 5.56 Å². The zero-order valence-corrected chi connectivity index (χ0v) is 10.7. The molecule has 0 saturated carbocycles. The maximum absolute atomic E-state index is 10.5. The van der Waals surface area contributed by atoms with Crippen molar-refractivity contribution in [2.24, 2.45) is 0 Å². The summed E-state index contributed by atoms with van der Waals surface area (Å²) in [5, 5.41) is 22.2. The largest absolute Gasteiger partial charge is 0.337 e. The number of hydrogen-bond donors (Lipinski definition) is 2. The van der Waals surface area contributed by atoms with Crippen molar-refractivity contribution in [3.63, 3.8) is 0 Å². The smallest absolute Gasteiger partial charge is 0.235 e. The molecule has 8 nitrogen and oxygen atoms in total. The molecule has 102 valence electrons. The molecule has 3 aromatic rings. The van der Waals surface area contributed by atoms with E-state index < -0.39 is 0 Å². The van der Waals surface area contributed by atoms with Crippen molar-refractivity contribution in [1.82, 2.24) is 19.6 Å². The predicted molar refractivity (Wildman–Crippen MR) is 74.9 cm³/mol. The number of nitrogens with zero attached hydrogens (tertiary/aromatic N) is 5. The number of nitriles is 1. The third-order valence-corrected chi connectivity index (χ3v) is 2.79. The van der Waals surface area contributed by atoms with Crippen LogP contribution in [0.25, 0.3) is 5.65 Å². The van der Waals surface area contributed by atoms with E-state index in [1.165, 1.54) is 0 Å². The lowest BCUT2D eigenvalue weighted by Crippen LogP contribution is -2.01. The second-order valence-corrected chi connectivity index (χ2v) is 4.07. The molecule has 0 atom stereocenters. The highest BCUT2D eigenvalue weighted by Crippen LogP contribution is 2.20. The summed E-state index contributed by atoms with van der Waals surface area (Å²) < 4.78 is 1.60. The lowest BCUT2D eigenvalue weighted by molar-refractivity contribution is -0.105. The lowest BCUT2D eigenvalue weighted by atomic mass is 10.2. The number of rotatable bonds is 4. The van der Waals surface area contributed by atoms with Crippen molar-refractivity contribution in [1.29, 1.82) is 5.26 Å². The van der Waals surface area contributed by atoms with Crippen LogP contribution >= 0.6 is 0 Å². The van der Waals surface area contributed by atoms with Gasteiger partial charge < -0.3 is 5.32 Å². The Morgan fingerprint density at radius 3 is 2.76 bits per heavy atom. The van der Waals surface area contributed by atoms with Gasteiger partial charge in [0.25, 0.3) is 0 Å². The van der Waals surface area contributed by atoms with Gasteiger partial charge >= 0.3 is 0 Å². The van der Waals surface area contributed by atoms with E-state index in [2.05, 4.69) is 31.9 Å². The van der Waals surface area contributed by atoms with Crippen molar-refractivity contribution < 1.29 is 4.79 Å². The molecule has 0 spiro atoms. The van der Waals surface area contributed by atoms with E-state index in [1.54, 1.807) is 41.1 Å². The van der Waals surface area contributed by atoms with Gasteiger partial charge in [-0.1, -0.05) is 0 Å². The van der Waals surface area contributed by atoms with Gasteiger partial charge in [-0.3, -0.25) is 14.5 Å². The fourth-order valence-corrected chi connectivity index (χ4v) is 1.83. The molecule has 0 aliphatic carbocycles. The summed E-state index contributed by atoms with van der Waals surface area (Å²) in [7, 11) is 0. The molecule has 8 heteroatoms. The molecule has 3 rings (SSSR count). The van der Waals surface area contributed by atoms with Gasteiger partial charge in [0.2, 0.25) is 18.0 Å². The number of nitrogens with one attached hydrogen (secondary N) is 2. The molecule has 0 radical (unpaired) electrons. The number of carbonyl (C=O) groups excluding carboxylic acids is 1. The van der Waals surface area contributed by atoms with Crippen molar-refractivity contribution >= 4 is 29.5 Å². The zero-order valence-electron chi connectivity index (χ0n) is 10.7. The number of fused-ring (bicyclic) bond motifs is 1. The number of benzene rings is 1. The van der Waals surface area contributed by atoms with E-state index in [1.807, 2.05) is 0 Å². The third-order valence-electron chi connectivity index (χ3n) is 2.79. The van der Waals surface area contributed by atoms with E-state index in [0.717, 1.165) is 5.69 Å². The van der Waals surface area contributed by atoms with Crippen LogP contribution < -0.4 is 10.6 Å². The molecule has 0 bridgehead atoms. The fourth-order valence-electron chi connectivity index (χ4n) is 1.83. The first-order valence-corrected chi connectivity index (χ1v) is 5.99. The predicted octanol–water partition coefficient (Wildman–Crippen LogP) is 1.31. The molecule has 2 aromatic heterocycles. The molecule has 21 heavy (non-hydrogen) atoms. The number of anilines is 3. The second kappa shape index (κ2) is 5.26. The molecular formula is C13H9N7O. The molecule has 0 fully saturated rings. The van der Waals surface area contributed by atoms with Gasteiger partial charge in [-0.15, -0.1) is 10.2 Å². The van der Waals surface area contributed by atoms with Crippen LogP contribution in [0, 0.1) is 11.3 Å². The van der Waals surface area contributed by atoms with Crippen LogP contribution in [0.5, 0.6) is 0 Å². The number of amides is 1. The second-order valence-electron chi connectivity index (χ2n) is 4.07. The van der Waals surface area contributed by atoms with Crippen molar-refractivity contribution in [2.45, 2.75) is 0 Å². The van der Waals surface area contributed by atoms with Gasteiger partial charge in [0.15, 0.2) is 5.82 Å². The third kappa shape index (κ3) is 2.35. The van der Waals surface area contributed by atoms with Gasteiger partial charge in [-0.2, -0.15) is 5.26 Å². The van der Waals surface area contributed by atoms with Crippen molar-refractivity contribution in [3.8, 4) is 6.07 Å². The highest BCUT2D eigenvalue weighted by molar-refractivity contribution is 5.74. The van der Waals surface area contributed by atoms with Gasteiger partial charge in [0, 0.05) is 18.1 Å². The van der Waals surface area contributed by atoms with Gasteiger partial charge in [-0.25, -0.2) is 4.98 Å². The Balaban J connectivity index is 1.96. The Hall–Kier alpha value is -3.47. The van der Waals surface area contributed by atoms with Crippen LogP contribution in [0.15, 0.2) is 36.7 Å². The summed E-state index contributed by atoms with van der Waals surface area (Å²) in [6, 6.07) is 8.99. The van der Waals surface area contributed by atoms with Crippen molar-refractivity contribution in [3.05, 3.63) is 42.2 Å². The minimum Gasteiger partial charge on any atom is -0.337 e. The van der Waals surface area contributed by atoms with Crippen molar-refractivity contribution in [2.75, 3.05) is 10.6 Å². The Bertz CT molecular complexity index is 832. The number of hydrogen-bond acceptors (Lipinski definition) is 6. The number of carbonyl (C=O) groups is 1. The Morgan fingerprint density at radius 1 is 1.24 bits per heavy atom. The van der Waals surface area contributed by atoms with E-state index in [-0.39, 0.29) is 0 Å². The molecule has 2 N–H and O–H groups in total. The molecule has 0 aliphatic heterocycles. The van der Waals surface area contributed by atoms with Crippen LogP contribution in [-0.4, -0.2) is 26.0 Å². The molecular weight excluding hydrogens is 270 g/mol. The Kier molecular flexibility index (Phi) is 3.15. The highest BCUT2D eigenvalue weighted by atomic mass is 16.1. The summed E-state index contributed by atoms with van der Waals surface area (Å²) in [6.07, 6.45) is 3.74. The van der Waals surface area contributed by atoms with E-state index >= 15 is 0 Å². The average Bonchev–Trinajstić information content (AvgIpc) is 2.93. The SMILES string of the molecule is N#Cc1ccc(Nc2nccn3c(NC=O)nnc23)cc1. The summed E-state index contributed by atoms with van der Waals surface area (Å²) in [5.41, 5.74) is 1.82. The first-order chi connectivity index (χ1) is 10.3. The summed E-state index contributed by atoms with van der Waals surface area (Å²) >= 11 is 0. The monoisotopic (exact) mass is 279 g/mol. The van der Waals surface area contributed by atoms with Crippen LogP contribution in [-0.2, 0) is 4.79 Å². The van der Waals surface area contributed by atoms with Gasteiger partial charge in [0.05, 0.1) is 11.6 Å². The quantitative estimate of drug-likeness (QED) is 0.697. The molecule has 0 unspecified atom stereocenters. The number of aromatic nitrogens is 4. The highest BCUT2D eigenvalue weighted by Gasteiger charge is 2.10. The molecule has 1 aromatic carbocycles. The molecule has 2 heterocycles. The minimum absolute atomic E-state index is 0.310. The standard InChI is InChI=1S/C13H9N7O/c14-7-9-1-3-10(4-2-9)17-11-12-18-19-13(16-8-21)20(12)6-5-15-11/h1-6,8H,(H,15,17)(H,16,19,21). The van der Waals surface area contributed by atoms with E-state index in [9.17, 15) is 4.79 Å². The van der Waals surface area contributed by atoms with Gasteiger partial charge in [0.1, 0.15) is 0 Å². The molecule has 0 aliphatic rings. The maximum atomic E-state index is 10.5. The van der Waals surface area contributed by atoms with Crippen LogP contribution in [0.3, 0.4) is 0 Å².